The quantitative estimate of drug-likeness (QED) is 0.308. The predicted octanol–water partition coefficient (Wildman–Crippen LogP) is -2.01. The van der Waals surface area contributed by atoms with Gasteiger partial charge in [0.25, 0.3) is 0 Å². The van der Waals surface area contributed by atoms with Crippen molar-refractivity contribution in [3.05, 3.63) is 0 Å². The smallest absolute Gasteiger partial charge is 0.736 e. The Balaban J connectivity index is 0. The Hall–Kier alpha value is 0.560. The van der Waals surface area contributed by atoms with Crippen molar-refractivity contribution in [3.63, 3.8) is 0 Å². The Morgan fingerprint density at radius 1 is 0.778 bits per heavy atom. The van der Waals surface area contributed by atoms with E-state index in [2.05, 4.69) is 0 Å². The molecule has 9 heteroatoms. The van der Waals surface area contributed by atoms with E-state index in [-0.39, 0.29) is 22.4 Å². The Morgan fingerprint density at radius 2 is 0.889 bits per heavy atom. The minimum atomic E-state index is -5.67. The Kier molecular flexibility index (Phi) is 4.22. The SMILES string of the molecule is O=S(=O)([O-])S(=O)(=O)[O-].[Ag+2]. The molecule has 0 aromatic rings. The van der Waals surface area contributed by atoms with Crippen LogP contribution in [0, 0.1) is 0 Å². The molecule has 0 saturated carbocycles. The molecule has 0 aliphatic heterocycles. The van der Waals surface area contributed by atoms with Gasteiger partial charge in [0.1, 0.15) is 0 Å². The van der Waals surface area contributed by atoms with Crippen LogP contribution in [0.1, 0.15) is 0 Å². The van der Waals surface area contributed by atoms with Gasteiger partial charge in [0.15, 0.2) is 18.3 Å². The predicted molar refractivity (Wildman–Crippen MR) is 19.4 cm³/mol. The van der Waals surface area contributed by atoms with Crippen molar-refractivity contribution in [3.8, 4) is 0 Å². The number of rotatable bonds is 1. The molecule has 0 aromatic carbocycles. The second kappa shape index (κ2) is 3.10. The van der Waals surface area contributed by atoms with Gasteiger partial charge in [0, 0.05) is 0 Å². The normalized spacial score (nSPS) is 12.2. The molecule has 0 heterocycles. The van der Waals surface area contributed by atoms with E-state index in [1.165, 1.54) is 0 Å². The molecule has 6 nitrogen and oxygen atoms in total. The molecule has 9 heavy (non-hydrogen) atoms. The molecule has 0 N–H and O–H groups in total. The summed E-state index contributed by atoms with van der Waals surface area (Å²) in [6.45, 7) is 0. The molecule has 0 saturated heterocycles. The van der Waals surface area contributed by atoms with Crippen LogP contribution in [0.4, 0.5) is 0 Å². The maximum atomic E-state index is 9.20. The van der Waals surface area contributed by atoms with Gasteiger partial charge >= 0.3 is 22.4 Å². The van der Waals surface area contributed by atoms with Gasteiger partial charge in [-0.2, -0.15) is 0 Å². The minimum absolute atomic E-state index is 0. The van der Waals surface area contributed by atoms with E-state index in [4.69, 9.17) is 0 Å². The van der Waals surface area contributed by atoms with Gasteiger partial charge in [-0.25, -0.2) is 16.8 Å². The summed E-state index contributed by atoms with van der Waals surface area (Å²) in [7, 11) is -11.3. The summed E-state index contributed by atoms with van der Waals surface area (Å²) in [5, 5.41) is 0. The van der Waals surface area contributed by atoms with E-state index in [1.54, 1.807) is 0 Å². The van der Waals surface area contributed by atoms with Crippen molar-refractivity contribution in [2.75, 3.05) is 0 Å². The zero-order valence-corrected chi connectivity index (χ0v) is 6.68. The number of hydrogen-bond acceptors (Lipinski definition) is 6. The van der Waals surface area contributed by atoms with E-state index >= 15 is 0 Å². The van der Waals surface area contributed by atoms with Crippen LogP contribution in [0.5, 0.6) is 0 Å². The van der Waals surface area contributed by atoms with Crippen LogP contribution in [0.3, 0.4) is 0 Å². The Labute approximate surface area is 66.7 Å². The van der Waals surface area contributed by atoms with Crippen LogP contribution < -0.4 is 0 Å². The van der Waals surface area contributed by atoms with E-state index in [1.807, 2.05) is 0 Å². The third-order valence-corrected chi connectivity index (χ3v) is 2.25. The summed E-state index contributed by atoms with van der Waals surface area (Å²) in [5.41, 5.74) is 0. The molecule has 0 aliphatic carbocycles. The fraction of sp³-hybridized carbons (Fsp3) is 0. The van der Waals surface area contributed by atoms with Crippen LogP contribution >= 0.6 is 0 Å². The second-order valence-electron chi connectivity index (χ2n) is 0.816. The summed E-state index contributed by atoms with van der Waals surface area (Å²) in [5.74, 6) is 0. The fourth-order valence-corrected chi connectivity index (χ4v) is 0. The fourth-order valence-electron chi connectivity index (χ4n) is 0. The molecule has 59 valence electrons. The molecule has 0 fully saturated rings. The largest absolute Gasteiger partial charge is 2.00 e. The zero-order chi connectivity index (χ0) is 7.00. The van der Waals surface area contributed by atoms with E-state index in [0.29, 0.717) is 0 Å². The van der Waals surface area contributed by atoms with Crippen LogP contribution in [-0.4, -0.2) is 25.9 Å². The maximum absolute atomic E-state index is 9.20. The van der Waals surface area contributed by atoms with Crippen molar-refractivity contribution in [2.45, 2.75) is 0 Å². The van der Waals surface area contributed by atoms with Crippen molar-refractivity contribution in [1.29, 1.82) is 0 Å². The van der Waals surface area contributed by atoms with Crippen LogP contribution in [0.2, 0.25) is 0 Å². The average molecular weight is 268 g/mol. The minimum Gasteiger partial charge on any atom is -0.736 e. The molecule has 0 rings (SSSR count). The summed E-state index contributed by atoms with van der Waals surface area (Å²) in [4.78, 5) is 0. The maximum Gasteiger partial charge on any atom is 2.00 e. The zero-order valence-electron chi connectivity index (χ0n) is 3.57. The summed E-state index contributed by atoms with van der Waals surface area (Å²) < 4.78 is 55.2. The van der Waals surface area contributed by atoms with Gasteiger partial charge in [0.05, 0.1) is 0 Å². The Bertz CT molecular complexity index is 223. The number of hydrogen-bond donors (Lipinski definition) is 0. The van der Waals surface area contributed by atoms with Gasteiger partial charge < -0.3 is 9.11 Å². The molecule has 1 radical (unpaired) electrons. The first kappa shape index (κ1) is 12.3. The molecule has 0 atom stereocenters. The summed E-state index contributed by atoms with van der Waals surface area (Å²) in [6, 6.07) is 0. The third-order valence-electron chi connectivity index (χ3n) is 0.250. The first-order valence-electron chi connectivity index (χ1n) is 1.17. The first-order chi connectivity index (χ1) is 3.25. The third kappa shape index (κ3) is 4.03. The van der Waals surface area contributed by atoms with Gasteiger partial charge in [-0.1, -0.05) is 0 Å². The van der Waals surface area contributed by atoms with Crippen LogP contribution in [0.15, 0.2) is 0 Å². The van der Waals surface area contributed by atoms with Gasteiger partial charge in [-0.15, -0.1) is 0 Å². The molecule has 0 bridgehead atoms. The van der Waals surface area contributed by atoms with Crippen molar-refractivity contribution < 1.29 is 48.3 Å². The molecule has 0 aliphatic rings. The molecule has 0 amide bonds. The van der Waals surface area contributed by atoms with Crippen molar-refractivity contribution in [1.82, 2.24) is 0 Å². The van der Waals surface area contributed by atoms with Gasteiger partial charge in [-0.05, 0) is 0 Å². The molecule has 0 unspecified atom stereocenters. The molecule has 0 aromatic heterocycles. The molecular formula is AgO6S2. The van der Waals surface area contributed by atoms with Crippen LogP contribution in [-0.2, 0) is 40.7 Å². The summed E-state index contributed by atoms with van der Waals surface area (Å²) in [6.07, 6.45) is 0. The first-order valence-corrected chi connectivity index (χ1v) is 4.50. The molecule has 0 spiro atoms. The van der Waals surface area contributed by atoms with Crippen LogP contribution in [0.25, 0.3) is 0 Å². The second-order valence-corrected chi connectivity index (χ2v) is 4.90. The summed E-state index contributed by atoms with van der Waals surface area (Å²) >= 11 is 0. The monoisotopic (exact) mass is 267 g/mol. The van der Waals surface area contributed by atoms with Crippen molar-refractivity contribution in [2.24, 2.45) is 0 Å². The van der Waals surface area contributed by atoms with E-state index in [0.717, 1.165) is 0 Å². The van der Waals surface area contributed by atoms with E-state index < -0.39 is 18.3 Å². The van der Waals surface area contributed by atoms with Crippen molar-refractivity contribution >= 4 is 18.3 Å². The molecular weight excluding hydrogens is 268 g/mol. The standard InChI is InChI=1S/Ag.H2O6S2/c;1-7(2,3)8(4,5)6/h;(H,1,2,3)(H,4,5,6)/q+2;/p-2. The van der Waals surface area contributed by atoms with Gasteiger partial charge in [0.2, 0.25) is 0 Å². The average Bonchev–Trinajstić information content (AvgIpc) is 1.25. The Morgan fingerprint density at radius 3 is 0.889 bits per heavy atom. The topological polar surface area (TPSA) is 114 Å². The van der Waals surface area contributed by atoms with E-state index in [9.17, 15) is 25.9 Å². The van der Waals surface area contributed by atoms with Gasteiger partial charge in [-0.3, -0.25) is 0 Å².